The van der Waals surface area contributed by atoms with Crippen LogP contribution in [0.2, 0.25) is 0 Å². The summed E-state index contributed by atoms with van der Waals surface area (Å²) in [6.07, 6.45) is 0. The van der Waals surface area contributed by atoms with Crippen molar-refractivity contribution in [1.29, 1.82) is 0 Å². The van der Waals surface area contributed by atoms with Crippen LogP contribution in [0.1, 0.15) is 34.6 Å². The third kappa shape index (κ3) is 1.83. The topological polar surface area (TPSA) is 12.4 Å². The van der Waals surface area contributed by atoms with Gasteiger partial charge >= 0.3 is 0 Å². The van der Waals surface area contributed by atoms with E-state index in [1.54, 1.807) is 0 Å². The highest BCUT2D eigenvalue weighted by Gasteiger charge is 2.23. The van der Waals surface area contributed by atoms with Gasteiger partial charge in [-0.3, -0.25) is 4.99 Å². The van der Waals surface area contributed by atoms with Crippen molar-refractivity contribution in [2.24, 2.45) is 10.9 Å². The van der Waals surface area contributed by atoms with E-state index in [0.29, 0.717) is 5.92 Å². The van der Waals surface area contributed by atoms with Crippen molar-refractivity contribution in [3.05, 3.63) is 34.4 Å². The summed E-state index contributed by atoms with van der Waals surface area (Å²) in [4.78, 5) is 4.39. The van der Waals surface area contributed by atoms with Gasteiger partial charge in [-0.1, -0.05) is 20.4 Å². The number of aliphatic imine (C=N–C) groups is 1. The normalized spacial score (nSPS) is 21.0. The van der Waals surface area contributed by atoms with E-state index in [-0.39, 0.29) is 0 Å². The van der Waals surface area contributed by atoms with Gasteiger partial charge in [0.05, 0.1) is 5.71 Å². The number of hydrogen-bond donors (Lipinski definition) is 0. The van der Waals surface area contributed by atoms with Gasteiger partial charge in [-0.25, -0.2) is 0 Å². The van der Waals surface area contributed by atoms with Gasteiger partial charge in [0, 0.05) is 7.05 Å². The van der Waals surface area contributed by atoms with Crippen LogP contribution in [0.3, 0.4) is 0 Å². The number of rotatable bonds is 1. The molecule has 15 heavy (non-hydrogen) atoms. The third-order valence-electron chi connectivity index (χ3n) is 3.32. The minimum Gasteiger partial charge on any atom is -0.288 e. The standard InChI is InChI=1S/C14H21N/c1-8(2)13-11(5)9(3)10(4)12(6)14(13)15-7/h8H,6H2,1-5,7H3/b15-14+. The third-order valence-corrected chi connectivity index (χ3v) is 3.32. The van der Waals surface area contributed by atoms with Crippen molar-refractivity contribution in [3.63, 3.8) is 0 Å². The molecule has 1 aliphatic rings. The second kappa shape index (κ2) is 4.18. The fourth-order valence-corrected chi connectivity index (χ4v) is 2.19. The highest BCUT2D eigenvalue weighted by molar-refractivity contribution is 6.17. The van der Waals surface area contributed by atoms with Gasteiger partial charge < -0.3 is 0 Å². The van der Waals surface area contributed by atoms with E-state index in [4.69, 9.17) is 0 Å². The van der Waals surface area contributed by atoms with Crippen molar-refractivity contribution in [2.75, 3.05) is 7.05 Å². The first-order valence-electron chi connectivity index (χ1n) is 5.47. The van der Waals surface area contributed by atoms with Gasteiger partial charge in [-0.05, 0) is 54.6 Å². The minimum atomic E-state index is 0.503. The van der Waals surface area contributed by atoms with Crippen LogP contribution < -0.4 is 0 Å². The van der Waals surface area contributed by atoms with E-state index in [2.05, 4.69) is 46.2 Å². The van der Waals surface area contributed by atoms with Crippen molar-refractivity contribution in [2.45, 2.75) is 34.6 Å². The van der Waals surface area contributed by atoms with Crippen molar-refractivity contribution < 1.29 is 0 Å². The van der Waals surface area contributed by atoms with Gasteiger partial charge in [-0.2, -0.15) is 0 Å². The van der Waals surface area contributed by atoms with Gasteiger partial charge in [0.15, 0.2) is 0 Å². The number of nitrogens with zero attached hydrogens (tertiary/aromatic N) is 1. The molecule has 0 saturated heterocycles. The second-order valence-electron chi connectivity index (χ2n) is 4.49. The van der Waals surface area contributed by atoms with E-state index in [1.165, 1.54) is 22.3 Å². The smallest absolute Gasteiger partial charge is 0.0677 e. The molecule has 0 fully saturated rings. The molecule has 0 bridgehead atoms. The number of allylic oxidation sites excluding steroid dienone is 5. The lowest BCUT2D eigenvalue weighted by Gasteiger charge is -2.27. The summed E-state index contributed by atoms with van der Waals surface area (Å²) in [5.41, 5.74) is 7.53. The van der Waals surface area contributed by atoms with Crippen LogP contribution in [0, 0.1) is 5.92 Å². The molecule has 0 aliphatic heterocycles. The quantitative estimate of drug-likeness (QED) is 0.612. The van der Waals surface area contributed by atoms with E-state index in [0.717, 1.165) is 11.3 Å². The maximum Gasteiger partial charge on any atom is 0.0677 e. The molecule has 0 unspecified atom stereocenters. The van der Waals surface area contributed by atoms with E-state index >= 15 is 0 Å². The van der Waals surface area contributed by atoms with Crippen LogP contribution >= 0.6 is 0 Å². The number of hydrogen-bond acceptors (Lipinski definition) is 1. The summed E-state index contributed by atoms with van der Waals surface area (Å²) in [5.74, 6) is 0.503. The van der Waals surface area contributed by atoms with Gasteiger partial charge in [0.25, 0.3) is 0 Å². The molecular formula is C14H21N. The Hall–Kier alpha value is -1.11. The molecule has 0 aromatic heterocycles. The molecule has 1 rings (SSSR count). The van der Waals surface area contributed by atoms with Gasteiger partial charge in [0.1, 0.15) is 0 Å². The first-order valence-corrected chi connectivity index (χ1v) is 5.47. The van der Waals surface area contributed by atoms with Gasteiger partial charge in [-0.15, -0.1) is 0 Å². The Morgan fingerprint density at radius 3 is 1.93 bits per heavy atom. The molecule has 0 saturated carbocycles. The van der Waals surface area contributed by atoms with Crippen molar-refractivity contribution in [3.8, 4) is 0 Å². The zero-order valence-corrected chi connectivity index (χ0v) is 10.7. The molecule has 1 nitrogen and oxygen atoms in total. The van der Waals surface area contributed by atoms with Crippen LogP contribution in [-0.4, -0.2) is 12.8 Å². The highest BCUT2D eigenvalue weighted by atomic mass is 14.7. The van der Waals surface area contributed by atoms with Crippen molar-refractivity contribution in [1.82, 2.24) is 0 Å². The SMILES string of the molecule is C=C1C(C)=C(C)C(C)=C(C(C)C)/C1=N/C. The summed E-state index contributed by atoms with van der Waals surface area (Å²) in [7, 11) is 1.85. The summed E-state index contributed by atoms with van der Waals surface area (Å²) in [6, 6.07) is 0. The molecule has 0 N–H and O–H groups in total. The minimum absolute atomic E-state index is 0.503. The average molecular weight is 203 g/mol. The Bertz CT molecular complexity index is 390. The zero-order chi connectivity index (χ0) is 11.7. The molecule has 0 spiro atoms. The molecule has 0 radical (unpaired) electrons. The monoisotopic (exact) mass is 203 g/mol. The summed E-state index contributed by atoms with van der Waals surface area (Å²) in [6.45, 7) is 15.1. The summed E-state index contributed by atoms with van der Waals surface area (Å²) in [5, 5.41) is 0. The Labute approximate surface area is 93.3 Å². The van der Waals surface area contributed by atoms with Crippen LogP contribution in [0.5, 0.6) is 0 Å². The molecule has 0 aromatic rings. The molecular weight excluding hydrogens is 182 g/mol. The Morgan fingerprint density at radius 2 is 1.53 bits per heavy atom. The largest absolute Gasteiger partial charge is 0.288 e. The van der Waals surface area contributed by atoms with Crippen LogP contribution in [0.25, 0.3) is 0 Å². The fourth-order valence-electron chi connectivity index (χ4n) is 2.19. The Kier molecular flexibility index (Phi) is 3.33. The molecule has 0 amide bonds. The lowest BCUT2D eigenvalue weighted by molar-refractivity contribution is 0.789. The second-order valence-corrected chi connectivity index (χ2v) is 4.49. The maximum atomic E-state index is 4.39. The fraction of sp³-hybridized carbons (Fsp3) is 0.500. The molecule has 0 aromatic carbocycles. The van der Waals surface area contributed by atoms with Crippen LogP contribution in [-0.2, 0) is 0 Å². The first-order chi connectivity index (χ1) is 6.91. The summed E-state index contributed by atoms with van der Waals surface area (Å²) < 4.78 is 0. The molecule has 0 heterocycles. The molecule has 1 heteroatoms. The maximum absolute atomic E-state index is 4.39. The molecule has 1 aliphatic carbocycles. The van der Waals surface area contributed by atoms with E-state index < -0.39 is 0 Å². The lowest BCUT2D eigenvalue weighted by atomic mass is 9.79. The zero-order valence-electron chi connectivity index (χ0n) is 10.7. The average Bonchev–Trinajstić information content (AvgIpc) is 2.19. The lowest BCUT2D eigenvalue weighted by Crippen LogP contribution is -2.19. The summed E-state index contributed by atoms with van der Waals surface area (Å²) >= 11 is 0. The Balaban J connectivity index is 3.48. The van der Waals surface area contributed by atoms with Crippen molar-refractivity contribution >= 4 is 5.71 Å². The molecule has 0 atom stereocenters. The highest BCUT2D eigenvalue weighted by Crippen LogP contribution is 2.34. The van der Waals surface area contributed by atoms with Gasteiger partial charge in [0.2, 0.25) is 0 Å². The Morgan fingerprint density at radius 1 is 1.00 bits per heavy atom. The first kappa shape index (κ1) is 12.0. The predicted molar refractivity (Wildman–Crippen MR) is 68.4 cm³/mol. The van der Waals surface area contributed by atoms with Crippen LogP contribution in [0.4, 0.5) is 0 Å². The molecule has 82 valence electrons. The van der Waals surface area contributed by atoms with E-state index in [9.17, 15) is 0 Å². The van der Waals surface area contributed by atoms with Crippen LogP contribution in [0.15, 0.2) is 39.4 Å². The predicted octanol–water partition coefficient (Wildman–Crippen LogP) is 3.94. The van der Waals surface area contributed by atoms with E-state index in [1.807, 2.05) is 7.05 Å².